The maximum absolute atomic E-state index is 13.0. The van der Waals surface area contributed by atoms with Crippen molar-refractivity contribution in [3.63, 3.8) is 0 Å². The van der Waals surface area contributed by atoms with Crippen molar-refractivity contribution in [1.29, 1.82) is 0 Å². The molecule has 2 N–H and O–H groups in total. The van der Waals surface area contributed by atoms with Gasteiger partial charge in [0.2, 0.25) is 5.82 Å². The molecular weight excluding hydrogens is 262 g/mol. The van der Waals surface area contributed by atoms with Crippen molar-refractivity contribution in [3.05, 3.63) is 46.3 Å². The summed E-state index contributed by atoms with van der Waals surface area (Å²) in [7, 11) is 0. The Bertz CT molecular complexity index is 651. The summed E-state index contributed by atoms with van der Waals surface area (Å²) in [4.78, 5) is 16.9. The van der Waals surface area contributed by atoms with Crippen LogP contribution in [-0.4, -0.2) is 14.9 Å². The Morgan fingerprint density at radius 1 is 1.26 bits per heavy atom. The predicted octanol–water partition coefficient (Wildman–Crippen LogP) is 2.04. The topological polar surface area (TPSA) is 104 Å². The minimum Gasteiger partial charge on any atom is -0.433 e. The maximum atomic E-state index is 13.0. The second kappa shape index (κ2) is 4.80. The van der Waals surface area contributed by atoms with E-state index in [9.17, 15) is 18.9 Å². The molecule has 0 aliphatic rings. The van der Waals surface area contributed by atoms with Crippen molar-refractivity contribution in [2.75, 3.05) is 5.73 Å². The molecular formula is C10H6F2N4O3. The number of ether oxygens (including phenoxy) is 1. The third-order valence-corrected chi connectivity index (χ3v) is 2.11. The number of hydrogen-bond donors (Lipinski definition) is 1. The number of aromatic nitrogens is 2. The van der Waals surface area contributed by atoms with Crippen LogP contribution in [0.2, 0.25) is 0 Å². The summed E-state index contributed by atoms with van der Waals surface area (Å²) in [5.41, 5.74) is 4.68. The molecule has 98 valence electrons. The Kier molecular flexibility index (Phi) is 3.19. The van der Waals surface area contributed by atoms with Crippen LogP contribution in [0.25, 0.3) is 0 Å². The molecule has 0 spiro atoms. The Morgan fingerprint density at radius 3 is 2.63 bits per heavy atom. The van der Waals surface area contributed by atoms with E-state index in [4.69, 9.17) is 10.5 Å². The fourth-order valence-corrected chi connectivity index (χ4v) is 1.27. The van der Waals surface area contributed by atoms with Gasteiger partial charge in [-0.05, 0) is 12.1 Å². The normalized spacial score (nSPS) is 10.2. The molecule has 0 fully saturated rings. The van der Waals surface area contributed by atoms with Gasteiger partial charge in [-0.25, -0.2) is 13.8 Å². The molecule has 0 saturated carbocycles. The summed E-state index contributed by atoms with van der Waals surface area (Å²) in [5.74, 6) is -3.22. The number of rotatable bonds is 3. The smallest absolute Gasteiger partial charge is 0.372 e. The Hall–Kier alpha value is -2.84. The van der Waals surface area contributed by atoms with Crippen LogP contribution >= 0.6 is 0 Å². The van der Waals surface area contributed by atoms with E-state index in [1.807, 2.05) is 0 Å². The van der Waals surface area contributed by atoms with Crippen molar-refractivity contribution in [2.45, 2.75) is 0 Å². The van der Waals surface area contributed by atoms with Gasteiger partial charge in [-0.1, -0.05) is 0 Å². The third-order valence-electron chi connectivity index (χ3n) is 2.11. The highest BCUT2D eigenvalue weighted by atomic mass is 19.2. The number of nitrogen functional groups attached to an aromatic ring is 1. The first-order valence-corrected chi connectivity index (χ1v) is 4.87. The molecule has 0 saturated heterocycles. The van der Waals surface area contributed by atoms with Crippen molar-refractivity contribution in [1.82, 2.24) is 9.97 Å². The van der Waals surface area contributed by atoms with Gasteiger partial charge in [0.25, 0.3) is 0 Å². The Balaban J connectivity index is 2.40. The quantitative estimate of drug-likeness (QED) is 0.674. The summed E-state index contributed by atoms with van der Waals surface area (Å²) in [5, 5.41) is 10.8. The number of halogens is 2. The van der Waals surface area contributed by atoms with Gasteiger partial charge in [0.15, 0.2) is 11.6 Å². The van der Waals surface area contributed by atoms with Crippen LogP contribution in [0.1, 0.15) is 0 Å². The van der Waals surface area contributed by atoms with E-state index in [2.05, 4.69) is 9.97 Å². The van der Waals surface area contributed by atoms with E-state index >= 15 is 0 Å². The average molecular weight is 268 g/mol. The van der Waals surface area contributed by atoms with E-state index in [-0.39, 0.29) is 5.75 Å². The molecule has 0 amide bonds. The van der Waals surface area contributed by atoms with Crippen molar-refractivity contribution < 1.29 is 18.4 Å². The molecule has 1 aromatic heterocycles. The standard InChI is InChI=1S/C10H6F2N4O3/c11-6-2-1-5(3-7(6)12)19-10-8(16(17)18)9(13)14-4-15-10/h1-4H,(H2,13,14,15). The monoisotopic (exact) mass is 268 g/mol. The molecule has 19 heavy (non-hydrogen) atoms. The van der Waals surface area contributed by atoms with Crippen LogP contribution in [0, 0.1) is 21.7 Å². The lowest BCUT2D eigenvalue weighted by molar-refractivity contribution is -0.385. The molecule has 9 heteroatoms. The van der Waals surface area contributed by atoms with Gasteiger partial charge in [-0.2, -0.15) is 4.98 Å². The zero-order chi connectivity index (χ0) is 14.0. The minimum absolute atomic E-state index is 0.153. The molecule has 2 rings (SSSR count). The molecule has 7 nitrogen and oxygen atoms in total. The van der Waals surface area contributed by atoms with Crippen LogP contribution in [0.3, 0.4) is 0 Å². The Labute approximate surface area is 104 Å². The summed E-state index contributed by atoms with van der Waals surface area (Å²) in [6.07, 6.45) is 0.956. The molecule has 0 aliphatic heterocycles. The minimum atomic E-state index is -1.15. The van der Waals surface area contributed by atoms with Gasteiger partial charge in [0, 0.05) is 6.07 Å². The van der Waals surface area contributed by atoms with E-state index in [0.717, 1.165) is 24.5 Å². The van der Waals surface area contributed by atoms with Gasteiger partial charge in [-0.3, -0.25) is 10.1 Å². The van der Waals surface area contributed by atoms with Crippen molar-refractivity contribution in [3.8, 4) is 11.6 Å². The largest absolute Gasteiger partial charge is 0.433 e. The maximum Gasteiger partial charge on any atom is 0.372 e. The van der Waals surface area contributed by atoms with Gasteiger partial charge < -0.3 is 10.5 Å². The number of anilines is 1. The van der Waals surface area contributed by atoms with Crippen LogP contribution in [0.4, 0.5) is 20.3 Å². The number of nitrogens with two attached hydrogens (primary N) is 1. The summed E-state index contributed by atoms with van der Waals surface area (Å²) in [6.45, 7) is 0. The fourth-order valence-electron chi connectivity index (χ4n) is 1.27. The van der Waals surface area contributed by atoms with Gasteiger partial charge in [0.1, 0.15) is 12.1 Å². The summed E-state index contributed by atoms with van der Waals surface area (Å²) >= 11 is 0. The molecule has 0 radical (unpaired) electrons. The number of nitro groups is 1. The van der Waals surface area contributed by atoms with Crippen molar-refractivity contribution >= 4 is 11.5 Å². The highest BCUT2D eigenvalue weighted by Crippen LogP contribution is 2.32. The number of hydrogen-bond acceptors (Lipinski definition) is 6. The lowest BCUT2D eigenvalue weighted by atomic mass is 10.3. The zero-order valence-electron chi connectivity index (χ0n) is 9.21. The van der Waals surface area contributed by atoms with Crippen LogP contribution in [0.15, 0.2) is 24.5 Å². The fraction of sp³-hybridized carbons (Fsp3) is 0. The van der Waals surface area contributed by atoms with Crippen molar-refractivity contribution in [2.24, 2.45) is 0 Å². The first kappa shape index (κ1) is 12.6. The highest BCUT2D eigenvalue weighted by Gasteiger charge is 2.23. The number of nitrogens with zero attached hydrogens (tertiary/aromatic N) is 3. The molecule has 0 bridgehead atoms. The second-order valence-electron chi connectivity index (χ2n) is 3.35. The zero-order valence-corrected chi connectivity index (χ0v) is 9.21. The molecule has 1 aromatic carbocycles. The molecule has 2 aromatic rings. The van der Waals surface area contributed by atoms with Gasteiger partial charge in [0.05, 0.1) is 4.92 Å². The second-order valence-corrected chi connectivity index (χ2v) is 3.35. The predicted molar refractivity (Wildman–Crippen MR) is 59.5 cm³/mol. The number of benzene rings is 1. The van der Waals surface area contributed by atoms with Gasteiger partial charge >= 0.3 is 11.6 Å². The first-order chi connectivity index (χ1) is 8.99. The summed E-state index contributed by atoms with van der Waals surface area (Å²) < 4.78 is 30.7. The Morgan fingerprint density at radius 2 is 2.00 bits per heavy atom. The SMILES string of the molecule is Nc1ncnc(Oc2ccc(F)c(F)c2)c1[N+](=O)[O-]. The van der Waals surface area contributed by atoms with E-state index < -0.39 is 33.9 Å². The van der Waals surface area contributed by atoms with Gasteiger partial charge in [-0.15, -0.1) is 0 Å². The molecule has 1 heterocycles. The van der Waals surface area contributed by atoms with Crippen LogP contribution < -0.4 is 10.5 Å². The van der Waals surface area contributed by atoms with E-state index in [0.29, 0.717) is 0 Å². The average Bonchev–Trinajstić information content (AvgIpc) is 2.33. The van der Waals surface area contributed by atoms with E-state index in [1.165, 1.54) is 0 Å². The molecule has 0 unspecified atom stereocenters. The van der Waals surface area contributed by atoms with Crippen LogP contribution in [0.5, 0.6) is 11.6 Å². The lowest BCUT2D eigenvalue weighted by Gasteiger charge is -2.05. The first-order valence-electron chi connectivity index (χ1n) is 4.87. The summed E-state index contributed by atoms with van der Waals surface area (Å²) in [6, 6.07) is 2.65. The molecule has 0 aliphatic carbocycles. The van der Waals surface area contributed by atoms with E-state index in [1.54, 1.807) is 0 Å². The molecule has 0 atom stereocenters. The lowest BCUT2D eigenvalue weighted by Crippen LogP contribution is -2.02. The third kappa shape index (κ3) is 2.54. The highest BCUT2D eigenvalue weighted by molar-refractivity contribution is 5.58. The van der Waals surface area contributed by atoms with Crippen LogP contribution in [-0.2, 0) is 0 Å².